The topological polar surface area (TPSA) is 65.0 Å². The number of carbonyl (C=O) groups excluding carboxylic acids is 2. The van der Waals surface area contributed by atoms with Crippen LogP contribution in [0.2, 0.25) is 0 Å². The molecule has 0 atom stereocenters. The van der Waals surface area contributed by atoms with Gasteiger partial charge in [-0.05, 0) is 35.9 Å². The molecule has 0 unspecified atom stereocenters. The molecular weight excluding hydrogens is 313 g/mol. The first-order valence-corrected chi connectivity index (χ1v) is 7.09. The van der Waals surface area contributed by atoms with E-state index in [0.29, 0.717) is 11.3 Å². The lowest BCUT2D eigenvalue weighted by Crippen LogP contribution is -2.07. The molecule has 1 aliphatic rings. The molecule has 2 aromatic carbocycles. The summed E-state index contributed by atoms with van der Waals surface area (Å²) in [7, 11) is 0. The first-order chi connectivity index (χ1) is 11.5. The third kappa shape index (κ3) is 3.38. The number of cyclic esters (lactones) is 1. The summed E-state index contributed by atoms with van der Waals surface area (Å²) in [5.41, 5.74) is 0.851. The molecule has 2 aromatic rings. The zero-order chi connectivity index (χ0) is 17.1. The van der Waals surface area contributed by atoms with Gasteiger partial charge in [-0.1, -0.05) is 24.3 Å². The van der Waals surface area contributed by atoms with Crippen LogP contribution in [0.5, 0.6) is 5.75 Å². The van der Waals surface area contributed by atoms with Crippen LogP contribution in [0.3, 0.4) is 0 Å². The van der Waals surface area contributed by atoms with E-state index in [4.69, 9.17) is 9.47 Å². The number of ether oxygens (including phenoxy) is 2. The van der Waals surface area contributed by atoms with E-state index in [1.165, 1.54) is 31.2 Å². The van der Waals surface area contributed by atoms with Crippen molar-refractivity contribution in [3.05, 3.63) is 71.2 Å². The highest BCUT2D eigenvalue weighted by atomic mass is 19.1. The number of nitrogens with zero attached hydrogens (tertiary/aromatic N) is 1. The Morgan fingerprint density at radius 2 is 1.88 bits per heavy atom. The van der Waals surface area contributed by atoms with Crippen molar-refractivity contribution in [2.45, 2.75) is 6.92 Å². The zero-order valence-corrected chi connectivity index (χ0v) is 12.7. The molecule has 0 bridgehead atoms. The van der Waals surface area contributed by atoms with Crippen LogP contribution in [0.15, 0.2) is 59.2 Å². The number of hydrogen-bond donors (Lipinski definition) is 0. The molecule has 0 saturated heterocycles. The van der Waals surface area contributed by atoms with E-state index < -0.39 is 17.8 Å². The van der Waals surface area contributed by atoms with Gasteiger partial charge in [0.25, 0.3) is 0 Å². The predicted molar refractivity (Wildman–Crippen MR) is 84.8 cm³/mol. The Hall–Kier alpha value is -3.28. The molecule has 3 rings (SSSR count). The first-order valence-electron chi connectivity index (χ1n) is 7.09. The van der Waals surface area contributed by atoms with Gasteiger partial charge < -0.3 is 9.47 Å². The van der Waals surface area contributed by atoms with Crippen LogP contribution in [0.25, 0.3) is 6.08 Å². The molecule has 24 heavy (non-hydrogen) atoms. The highest BCUT2D eigenvalue weighted by Crippen LogP contribution is 2.21. The van der Waals surface area contributed by atoms with Crippen LogP contribution in [0.1, 0.15) is 18.1 Å². The number of rotatable bonds is 3. The lowest BCUT2D eigenvalue weighted by atomic mass is 10.2. The van der Waals surface area contributed by atoms with Gasteiger partial charge in [0, 0.05) is 6.92 Å². The summed E-state index contributed by atoms with van der Waals surface area (Å²) in [5, 5.41) is 0. The summed E-state index contributed by atoms with van der Waals surface area (Å²) in [4.78, 5) is 26.8. The number of halogens is 1. The van der Waals surface area contributed by atoms with Gasteiger partial charge in [-0.15, -0.1) is 0 Å². The van der Waals surface area contributed by atoms with Gasteiger partial charge in [0.15, 0.2) is 5.70 Å². The first kappa shape index (κ1) is 15.6. The molecule has 0 N–H and O–H groups in total. The van der Waals surface area contributed by atoms with Gasteiger partial charge >= 0.3 is 11.9 Å². The Bertz CT molecular complexity index is 869. The number of hydrogen-bond acceptors (Lipinski definition) is 5. The summed E-state index contributed by atoms with van der Waals surface area (Å²) in [5.74, 6) is -1.26. The second kappa shape index (κ2) is 6.45. The fourth-order valence-corrected chi connectivity index (χ4v) is 2.11. The monoisotopic (exact) mass is 325 g/mol. The minimum absolute atomic E-state index is 0.0634. The van der Waals surface area contributed by atoms with Crippen molar-refractivity contribution in [1.29, 1.82) is 0 Å². The molecule has 0 spiro atoms. The summed E-state index contributed by atoms with van der Waals surface area (Å²) in [6.45, 7) is 1.31. The van der Waals surface area contributed by atoms with Crippen molar-refractivity contribution >= 4 is 23.9 Å². The van der Waals surface area contributed by atoms with Crippen molar-refractivity contribution < 1.29 is 23.5 Å². The standard InChI is InChI=1S/C18H12FNO4/c1-11(21)23-13-8-6-12(7-9-13)10-16-18(22)24-17(20-16)14-4-2-3-5-15(14)19/h2-10H,1H3/b16-10-. The third-order valence-electron chi connectivity index (χ3n) is 3.17. The lowest BCUT2D eigenvalue weighted by Gasteiger charge is -2.00. The maximum atomic E-state index is 13.7. The van der Waals surface area contributed by atoms with Crippen molar-refractivity contribution in [3.8, 4) is 5.75 Å². The Balaban J connectivity index is 1.86. The lowest BCUT2D eigenvalue weighted by molar-refractivity contribution is -0.132. The highest BCUT2D eigenvalue weighted by molar-refractivity contribution is 6.12. The van der Waals surface area contributed by atoms with E-state index in [1.54, 1.807) is 30.3 Å². The van der Waals surface area contributed by atoms with Gasteiger partial charge in [-0.25, -0.2) is 14.2 Å². The van der Waals surface area contributed by atoms with Crippen LogP contribution in [-0.4, -0.2) is 17.8 Å². The van der Waals surface area contributed by atoms with Crippen molar-refractivity contribution in [1.82, 2.24) is 0 Å². The minimum Gasteiger partial charge on any atom is -0.427 e. The third-order valence-corrected chi connectivity index (χ3v) is 3.17. The number of aliphatic imine (C=N–C) groups is 1. The van der Waals surface area contributed by atoms with Crippen LogP contribution in [0.4, 0.5) is 4.39 Å². The van der Waals surface area contributed by atoms with E-state index in [-0.39, 0.29) is 17.2 Å². The molecule has 6 heteroatoms. The fourth-order valence-electron chi connectivity index (χ4n) is 2.11. The molecule has 120 valence electrons. The molecule has 0 radical (unpaired) electrons. The molecule has 0 amide bonds. The van der Waals surface area contributed by atoms with Crippen molar-refractivity contribution in [2.75, 3.05) is 0 Å². The molecule has 0 aromatic heterocycles. The molecular formula is C18H12FNO4. The van der Waals surface area contributed by atoms with E-state index in [0.717, 1.165) is 0 Å². The van der Waals surface area contributed by atoms with Crippen LogP contribution >= 0.6 is 0 Å². The second-order valence-electron chi connectivity index (χ2n) is 4.98. The molecule has 1 aliphatic heterocycles. The Kier molecular flexibility index (Phi) is 4.20. The minimum atomic E-state index is -0.655. The maximum absolute atomic E-state index is 13.7. The van der Waals surface area contributed by atoms with Crippen molar-refractivity contribution in [3.63, 3.8) is 0 Å². The SMILES string of the molecule is CC(=O)Oc1ccc(/C=C2\N=C(c3ccccc3F)OC2=O)cc1. The number of carbonyl (C=O) groups is 2. The maximum Gasteiger partial charge on any atom is 0.363 e. The van der Waals surface area contributed by atoms with Gasteiger partial charge in [0.1, 0.15) is 11.6 Å². The quantitative estimate of drug-likeness (QED) is 0.494. The predicted octanol–water partition coefficient (Wildman–Crippen LogP) is 3.10. The molecule has 1 heterocycles. The number of benzene rings is 2. The Morgan fingerprint density at radius 1 is 1.17 bits per heavy atom. The summed E-state index contributed by atoms with van der Waals surface area (Å²) in [6, 6.07) is 12.4. The van der Waals surface area contributed by atoms with E-state index in [2.05, 4.69) is 4.99 Å². The summed E-state index contributed by atoms with van der Waals surface area (Å²) in [6.07, 6.45) is 1.51. The van der Waals surface area contributed by atoms with E-state index >= 15 is 0 Å². The van der Waals surface area contributed by atoms with E-state index in [9.17, 15) is 14.0 Å². The van der Waals surface area contributed by atoms with Gasteiger partial charge in [0.2, 0.25) is 5.90 Å². The van der Waals surface area contributed by atoms with Crippen LogP contribution in [0, 0.1) is 5.82 Å². The smallest absolute Gasteiger partial charge is 0.363 e. The van der Waals surface area contributed by atoms with Crippen LogP contribution < -0.4 is 4.74 Å². The van der Waals surface area contributed by atoms with Crippen LogP contribution in [-0.2, 0) is 14.3 Å². The van der Waals surface area contributed by atoms with E-state index in [1.807, 2.05) is 0 Å². The average molecular weight is 325 g/mol. The highest BCUT2D eigenvalue weighted by Gasteiger charge is 2.25. The number of esters is 2. The summed E-state index contributed by atoms with van der Waals surface area (Å²) >= 11 is 0. The van der Waals surface area contributed by atoms with Gasteiger partial charge in [-0.3, -0.25) is 4.79 Å². The Labute approximate surface area is 137 Å². The normalized spacial score (nSPS) is 15.2. The fraction of sp³-hybridized carbons (Fsp3) is 0.0556. The average Bonchev–Trinajstić information content (AvgIpc) is 2.90. The zero-order valence-electron chi connectivity index (χ0n) is 12.7. The Morgan fingerprint density at radius 3 is 2.54 bits per heavy atom. The molecule has 0 fully saturated rings. The van der Waals surface area contributed by atoms with Crippen molar-refractivity contribution in [2.24, 2.45) is 4.99 Å². The molecule has 5 nitrogen and oxygen atoms in total. The van der Waals surface area contributed by atoms with Gasteiger partial charge in [-0.2, -0.15) is 0 Å². The molecule has 0 aliphatic carbocycles. The van der Waals surface area contributed by atoms with Gasteiger partial charge in [0.05, 0.1) is 5.56 Å². The second-order valence-corrected chi connectivity index (χ2v) is 4.98. The largest absolute Gasteiger partial charge is 0.427 e. The molecule has 0 saturated carbocycles. The summed E-state index contributed by atoms with van der Waals surface area (Å²) < 4.78 is 23.7.